The minimum atomic E-state index is -0.869. The number of rotatable bonds is 2. The zero-order valence-corrected chi connectivity index (χ0v) is 8.58. The van der Waals surface area contributed by atoms with Crippen molar-refractivity contribution < 1.29 is 18.0 Å². The van der Waals surface area contributed by atoms with Crippen LogP contribution in [0, 0.1) is 17.5 Å². The van der Waals surface area contributed by atoms with Crippen LogP contribution < -0.4 is 0 Å². The Morgan fingerprint density at radius 2 is 1.53 bits per heavy atom. The molecule has 0 bridgehead atoms. The number of aldehydes is 1. The molecule has 2 aromatic rings. The third-order valence-electron chi connectivity index (χ3n) is 2.36. The average Bonchev–Trinajstić information content (AvgIpc) is 2.31. The molecule has 0 saturated carbocycles. The summed E-state index contributed by atoms with van der Waals surface area (Å²) in [6.45, 7) is 0. The van der Waals surface area contributed by atoms with Gasteiger partial charge in [0, 0.05) is 11.1 Å². The topological polar surface area (TPSA) is 17.1 Å². The zero-order chi connectivity index (χ0) is 12.4. The summed E-state index contributed by atoms with van der Waals surface area (Å²) >= 11 is 0. The maximum absolute atomic E-state index is 13.5. The molecular weight excluding hydrogens is 229 g/mol. The van der Waals surface area contributed by atoms with Crippen molar-refractivity contribution in [3.63, 3.8) is 0 Å². The van der Waals surface area contributed by atoms with Crippen LogP contribution in [0.25, 0.3) is 11.1 Å². The van der Waals surface area contributed by atoms with Crippen molar-refractivity contribution in [2.45, 2.75) is 0 Å². The van der Waals surface area contributed by atoms with E-state index in [9.17, 15) is 18.0 Å². The Kier molecular flexibility index (Phi) is 2.95. The third-order valence-corrected chi connectivity index (χ3v) is 2.36. The minimum Gasteiger partial charge on any atom is -0.298 e. The minimum absolute atomic E-state index is 0.157. The molecule has 1 nitrogen and oxygen atoms in total. The van der Waals surface area contributed by atoms with Crippen LogP contribution in [0.1, 0.15) is 10.4 Å². The molecule has 0 spiro atoms. The van der Waals surface area contributed by atoms with Gasteiger partial charge in [-0.05, 0) is 30.3 Å². The first-order valence-corrected chi connectivity index (χ1v) is 4.82. The molecular formula is C13H7F3O. The fourth-order valence-electron chi connectivity index (χ4n) is 1.56. The Bertz CT molecular complexity index is 559. The Morgan fingerprint density at radius 1 is 0.882 bits per heavy atom. The molecule has 0 unspecified atom stereocenters. The van der Waals surface area contributed by atoms with Gasteiger partial charge in [0.1, 0.15) is 23.7 Å². The number of halogens is 3. The molecule has 0 aliphatic carbocycles. The Balaban J connectivity index is 2.71. The van der Waals surface area contributed by atoms with Crippen LogP contribution in [0.3, 0.4) is 0 Å². The molecule has 0 fully saturated rings. The van der Waals surface area contributed by atoms with Crippen LogP contribution in [0.4, 0.5) is 13.2 Å². The van der Waals surface area contributed by atoms with Crippen LogP contribution >= 0.6 is 0 Å². The van der Waals surface area contributed by atoms with E-state index in [0.717, 1.165) is 24.3 Å². The molecule has 0 aliphatic rings. The van der Waals surface area contributed by atoms with Crippen molar-refractivity contribution in [2.75, 3.05) is 0 Å². The van der Waals surface area contributed by atoms with E-state index in [-0.39, 0.29) is 11.1 Å². The van der Waals surface area contributed by atoms with Crippen LogP contribution in [0.5, 0.6) is 0 Å². The fourth-order valence-corrected chi connectivity index (χ4v) is 1.56. The summed E-state index contributed by atoms with van der Waals surface area (Å²) in [5, 5.41) is 0. The number of carbonyl (C=O) groups excluding carboxylic acids is 1. The second-order valence-electron chi connectivity index (χ2n) is 3.45. The number of hydrogen-bond acceptors (Lipinski definition) is 1. The molecule has 0 saturated heterocycles. The van der Waals surface area contributed by atoms with Crippen LogP contribution in [0.2, 0.25) is 0 Å². The highest BCUT2D eigenvalue weighted by atomic mass is 19.1. The normalized spacial score (nSPS) is 10.3. The quantitative estimate of drug-likeness (QED) is 0.728. The molecule has 4 heteroatoms. The number of carbonyl (C=O) groups is 1. The predicted octanol–water partition coefficient (Wildman–Crippen LogP) is 3.58. The van der Waals surface area contributed by atoms with Gasteiger partial charge in [-0.3, -0.25) is 4.79 Å². The fraction of sp³-hybridized carbons (Fsp3) is 0. The molecule has 0 aromatic heterocycles. The van der Waals surface area contributed by atoms with Crippen LogP contribution in [-0.4, -0.2) is 6.29 Å². The molecule has 17 heavy (non-hydrogen) atoms. The van der Waals surface area contributed by atoms with Gasteiger partial charge in [0.25, 0.3) is 0 Å². The van der Waals surface area contributed by atoms with Gasteiger partial charge >= 0.3 is 0 Å². The van der Waals surface area contributed by atoms with Crippen molar-refractivity contribution in [3.8, 4) is 11.1 Å². The second kappa shape index (κ2) is 4.41. The van der Waals surface area contributed by atoms with Gasteiger partial charge in [-0.15, -0.1) is 0 Å². The summed E-state index contributed by atoms with van der Waals surface area (Å²) in [7, 11) is 0. The maximum Gasteiger partial charge on any atom is 0.150 e. The molecule has 0 N–H and O–H groups in total. The van der Waals surface area contributed by atoms with Gasteiger partial charge in [-0.1, -0.05) is 6.07 Å². The van der Waals surface area contributed by atoms with Crippen molar-refractivity contribution in [1.29, 1.82) is 0 Å². The van der Waals surface area contributed by atoms with Crippen molar-refractivity contribution in [1.82, 2.24) is 0 Å². The zero-order valence-electron chi connectivity index (χ0n) is 8.58. The van der Waals surface area contributed by atoms with E-state index < -0.39 is 23.0 Å². The first-order chi connectivity index (χ1) is 8.13. The highest BCUT2D eigenvalue weighted by Crippen LogP contribution is 2.28. The molecule has 2 aromatic carbocycles. The SMILES string of the molecule is O=Cc1ccc(F)c(-c2c(F)cccc2F)c1. The van der Waals surface area contributed by atoms with E-state index in [0.29, 0.717) is 6.29 Å². The van der Waals surface area contributed by atoms with Crippen molar-refractivity contribution in [2.24, 2.45) is 0 Å². The van der Waals surface area contributed by atoms with E-state index in [2.05, 4.69) is 0 Å². The third kappa shape index (κ3) is 2.06. The predicted molar refractivity (Wildman–Crippen MR) is 57.1 cm³/mol. The summed E-state index contributed by atoms with van der Waals surface area (Å²) in [4.78, 5) is 10.6. The monoisotopic (exact) mass is 236 g/mol. The lowest BCUT2D eigenvalue weighted by Crippen LogP contribution is -1.94. The molecule has 0 radical (unpaired) electrons. The molecule has 86 valence electrons. The maximum atomic E-state index is 13.5. The Hall–Kier alpha value is -2.10. The Morgan fingerprint density at radius 3 is 2.12 bits per heavy atom. The molecule has 0 atom stereocenters. The lowest BCUT2D eigenvalue weighted by Gasteiger charge is -2.06. The number of benzene rings is 2. The summed E-state index contributed by atoms with van der Waals surface area (Å²) < 4.78 is 40.4. The van der Waals surface area contributed by atoms with Crippen molar-refractivity contribution in [3.05, 3.63) is 59.4 Å². The average molecular weight is 236 g/mol. The standard InChI is InChI=1S/C13H7F3O/c14-10-5-4-8(7-17)6-9(10)13-11(15)2-1-3-12(13)16/h1-7H. The highest BCUT2D eigenvalue weighted by Gasteiger charge is 2.15. The van der Waals surface area contributed by atoms with Gasteiger partial charge in [0.05, 0.1) is 5.56 Å². The van der Waals surface area contributed by atoms with Gasteiger partial charge in [0.15, 0.2) is 0 Å². The second-order valence-corrected chi connectivity index (χ2v) is 3.45. The molecule has 0 aliphatic heterocycles. The Labute approximate surface area is 95.5 Å². The van der Waals surface area contributed by atoms with E-state index >= 15 is 0 Å². The van der Waals surface area contributed by atoms with Crippen LogP contribution in [0.15, 0.2) is 36.4 Å². The number of hydrogen-bond donors (Lipinski definition) is 0. The highest BCUT2D eigenvalue weighted by molar-refractivity contribution is 5.79. The van der Waals surface area contributed by atoms with E-state index in [1.807, 2.05) is 0 Å². The lowest BCUT2D eigenvalue weighted by atomic mass is 10.0. The van der Waals surface area contributed by atoms with Gasteiger partial charge < -0.3 is 0 Å². The summed E-state index contributed by atoms with van der Waals surface area (Å²) in [6, 6.07) is 6.62. The van der Waals surface area contributed by atoms with E-state index in [1.54, 1.807) is 0 Å². The lowest BCUT2D eigenvalue weighted by molar-refractivity contribution is 0.112. The van der Waals surface area contributed by atoms with E-state index in [4.69, 9.17) is 0 Å². The van der Waals surface area contributed by atoms with Gasteiger partial charge in [0.2, 0.25) is 0 Å². The summed E-state index contributed by atoms with van der Waals surface area (Å²) in [5.41, 5.74) is -0.567. The first kappa shape index (κ1) is 11.4. The molecule has 0 amide bonds. The smallest absolute Gasteiger partial charge is 0.150 e. The molecule has 2 rings (SSSR count). The largest absolute Gasteiger partial charge is 0.298 e. The first-order valence-electron chi connectivity index (χ1n) is 4.82. The van der Waals surface area contributed by atoms with Crippen molar-refractivity contribution >= 4 is 6.29 Å². The molecule has 0 heterocycles. The van der Waals surface area contributed by atoms with Crippen LogP contribution in [-0.2, 0) is 0 Å². The van der Waals surface area contributed by atoms with E-state index in [1.165, 1.54) is 12.1 Å². The van der Waals surface area contributed by atoms with Gasteiger partial charge in [-0.2, -0.15) is 0 Å². The summed E-state index contributed by atoms with van der Waals surface area (Å²) in [5.74, 6) is -2.52. The van der Waals surface area contributed by atoms with Gasteiger partial charge in [-0.25, -0.2) is 13.2 Å². The summed E-state index contributed by atoms with van der Waals surface area (Å²) in [6.07, 6.45) is 0.488.